The summed E-state index contributed by atoms with van der Waals surface area (Å²) in [6.45, 7) is 4.28. The zero-order chi connectivity index (χ0) is 20.6. The van der Waals surface area contributed by atoms with Crippen LogP contribution in [-0.2, 0) is 4.79 Å². The second kappa shape index (κ2) is 10.1. The standard InChI is InChI=1S/C20H22N4O3S2/c1-4-27-17-8-6-5-7-16(17)22-18(25)13(2)28-20-24-23-19(29-20)21-14-9-11-15(26-3)12-10-14/h5-13H,4H2,1-3H3,(H,21,23)(H,22,25). The number of methoxy groups -OCH3 is 1. The molecule has 9 heteroatoms. The number of aromatic nitrogens is 2. The van der Waals surface area contributed by atoms with Crippen LogP contribution in [0.15, 0.2) is 52.9 Å². The quantitative estimate of drug-likeness (QED) is 0.471. The summed E-state index contributed by atoms with van der Waals surface area (Å²) in [4.78, 5) is 12.6. The van der Waals surface area contributed by atoms with Crippen LogP contribution in [0.5, 0.6) is 11.5 Å². The number of benzene rings is 2. The highest BCUT2D eigenvalue weighted by atomic mass is 32.2. The van der Waals surface area contributed by atoms with Gasteiger partial charge in [0.15, 0.2) is 4.34 Å². The van der Waals surface area contributed by atoms with Gasteiger partial charge >= 0.3 is 0 Å². The van der Waals surface area contributed by atoms with Crippen LogP contribution in [0, 0.1) is 0 Å². The molecule has 3 aromatic rings. The van der Waals surface area contributed by atoms with E-state index in [1.54, 1.807) is 7.11 Å². The Bertz CT molecular complexity index is 947. The number of hydrogen-bond donors (Lipinski definition) is 2. The predicted molar refractivity (Wildman–Crippen MR) is 118 cm³/mol. The molecule has 0 radical (unpaired) electrons. The maximum atomic E-state index is 12.6. The molecule has 0 fully saturated rings. The van der Waals surface area contributed by atoms with E-state index in [0.717, 1.165) is 11.4 Å². The largest absolute Gasteiger partial charge is 0.497 e. The number of amides is 1. The van der Waals surface area contributed by atoms with E-state index in [4.69, 9.17) is 9.47 Å². The molecule has 7 nitrogen and oxygen atoms in total. The first kappa shape index (κ1) is 20.9. The molecule has 0 aliphatic rings. The number of ether oxygens (including phenoxy) is 2. The second-order valence-corrected chi connectivity index (χ2v) is 8.47. The Labute approximate surface area is 177 Å². The lowest BCUT2D eigenvalue weighted by Gasteiger charge is -2.13. The monoisotopic (exact) mass is 430 g/mol. The van der Waals surface area contributed by atoms with E-state index in [9.17, 15) is 4.79 Å². The van der Waals surface area contributed by atoms with Crippen molar-refractivity contribution in [3.05, 3.63) is 48.5 Å². The van der Waals surface area contributed by atoms with Crippen molar-refractivity contribution in [2.45, 2.75) is 23.4 Å². The van der Waals surface area contributed by atoms with Gasteiger partial charge in [-0.2, -0.15) is 0 Å². The number of para-hydroxylation sites is 2. The molecule has 0 spiro atoms. The summed E-state index contributed by atoms with van der Waals surface area (Å²) in [5, 5.41) is 14.7. The van der Waals surface area contributed by atoms with E-state index in [1.807, 2.05) is 62.4 Å². The molecule has 1 heterocycles. The maximum Gasteiger partial charge on any atom is 0.237 e. The average Bonchev–Trinajstić information content (AvgIpc) is 3.17. The summed E-state index contributed by atoms with van der Waals surface area (Å²) in [5.41, 5.74) is 1.54. The number of anilines is 3. The van der Waals surface area contributed by atoms with E-state index >= 15 is 0 Å². The van der Waals surface area contributed by atoms with Gasteiger partial charge in [0, 0.05) is 5.69 Å². The van der Waals surface area contributed by atoms with Crippen LogP contribution in [0.3, 0.4) is 0 Å². The average molecular weight is 431 g/mol. The van der Waals surface area contributed by atoms with E-state index in [1.165, 1.54) is 23.1 Å². The molecule has 29 heavy (non-hydrogen) atoms. The van der Waals surface area contributed by atoms with Gasteiger partial charge in [-0.05, 0) is 50.2 Å². The molecule has 0 saturated heterocycles. The van der Waals surface area contributed by atoms with Gasteiger partial charge in [0.25, 0.3) is 0 Å². The first-order chi connectivity index (χ1) is 14.1. The Kier molecular flexibility index (Phi) is 7.31. The molecule has 152 valence electrons. The van der Waals surface area contributed by atoms with E-state index < -0.39 is 0 Å². The molecule has 3 rings (SSSR count). The number of thioether (sulfide) groups is 1. The molecule has 1 unspecified atom stereocenters. The number of carbonyl (C=O) groups is 1. The van der Waals surface area contributed by atoms with Crippen molar-refractivity contribution in [2.24, 2.45) is 0 Å². The van der Waals surface area contributed by atoms with Crippen LogP contribution in [0.2, 0.25) is 0 Å². The highest BCUT2D eigenvalue weighted by Gasteiger charge is 2.18. The lowest BCUT2D eigenvalue weighted by molar-refractivity contribution is -0.115. The number of carbonyl (C=O) groups excluding carboxylic acids is 1. The van der Waals surface area contributed by atoms with Crippen molar-refractivity contribution < 1.29 is 14.3 Å². The summed E-state index contributed by atoms with van der Waals surface area (Å²) in [5.74, 6) is 1.32. The Balaban J connectivity index is 1.58. The lowest BCUT2D eigenvalue weighted by atomic mass is 10.3. The number of hydrogen-bond acceptors (Lipinski definition) is 8. The third-order valence-electron chi connectivity index (χ3n) is 3.84. The van der Waals surface area contributed by atoms with Crippen molar-refractivity contribution in [1.82, 2.24) is 10.2 Å². The van der Waals surface area contributed by atoms with E-state index in [-0.39, 0.29) is 11.2 Å². The fourth-order valence-electron chi connectivity index (χ4n) is 2.40. The highest BCUT2D eigenvalue weighted by Crippen LogP contribution is 2.32. The van der Waals surface area contributed by atoms with Gasteiger partial charge in [-0.1, -0.05) is 35.2 Å². The molecule has 0 saturated carbocycles. The molecule has 1 atom stereocenters. The van der Waals surface area contributed by atoms with Crippen LogP contribution in [-0.4, -0.2) is 35.1 Å². The van der Waals surface area contributed by atoms with Crippen molar-refractivity contribution in [2.75, 3.05) is 24.4 Å². The number of nitrogens with zero attached hydrogens (tertiary/aromatic N) is 2. The van der Waals surface area contributed by atoms with Gasteiger partial charge in [-0.3, -0.25) is 4.79 Å². The lowest BCUT2D eigenvalue weighted by Crippen LogP contribution is -2.22. The summed E-state index contributed by atoms with van der Waals surface area (Å²) >= 11 is 2.75. The zero-order valence-corrected chi connectivity index (χ0v) is 18.0. The van der Waals surface area contributed by atoms with Gasteiger partial charge in [0.05, 0.1) is 24.7 Å². The third-order valence-corrected chi connectivity index (χ3v) is 5.86. The molecule has 0 aliphatic heterocycles. The third kappa shape index (κ3) is 5.85. The van der Waals surface area contributed by atoms with Crippen LogP contribution >= 0.6 is 23.1 Å². The van der Waals surface area contributed by atoms with Crippen molar-refractivity contribution >= 4 is 45.5 Å². The summed E-state index contributed by atoms with van der Waals surface area (Å²) in [6.07, 6.45) is 0. The molecule has 0 aliphatic carbocycles. The Morgan fingerprint density at radius 1 is 1.17 bits per heavy atom. The maximum absolute atomic E-state index is 12.6. The number of rotatable bonds is 9. The zero-order valence-electron chi connectivity index (χ0n) is 16.3. The molecule has 2 N–H and O–H groups in total. The van der Waals surface area contributed by atoms with Crippen molar-refractivity contribution in [1.29, 1.82) is 0 Å². The first-order valence-electron chi connectivity index (χ1n) is 9.03. The van der Waals surface area contributed by atoms with E-state index in [0.29, 0.717) is 27.5 Å². The number of nitrogens with one attached hydrogen (secondary N) is 2. The summed E-state index contributed by atoms with van der Waals surface area (Å²) in [7, 11) is 1.63. The molecular weight excluding hydrogens is 408 g/mol. The van der Waals surface area contributed by atoms with Gasteiger partial charge in [0.1, 0.15) is 11.5 Å². The first-order valence-corrected chi connectivity index (χ1v) is 10.7. The minimum absolute atomic E-state index is 0.123. The minimum Gasteiger partial charge on any atom is -0.497 e. The van der Waals surface area contributed by atoms with Gasteiger partial charge in [0.2, 0.25) is 11.0 Å². The molecule has 2 aromatic carbocycles. The predicted octanol–water partition coefficient (Wildman–Crippen LogP) is 4.81. The van der Waals surface area contributed by atoms with Crippen LogP contribution in [0.4, 0.5) is 16.5 Å². The van der Waals surface area contributed by atoms with Crippen LogP contribution in [0.25, 0.3) is 0 Å². The van der Waals surface area contributed by atoms with Crippen LogP contribution < -0.4 is 20.1 Å². The fraction of sp³-hybridized carbons (Fsp3) is 0.250. The normalized spacial score (nSPS) is 11.6. The van der Waals surface area contributed by atoms with Crippen LogP contribution in [0.1, 0.15) is 13.8 Å². The summed E-state index contributed by atoms with van der Waals surface area (Å²) < 4.78 is 11.4. The molecule has 1 amide bonds. The Morgan fingerprint density at radius 2 is 1.93 bits per heavy atom. The fourth-order valence-corrected chi connectivity index (χ4v) is 4.31. The van der Waals surface area contributed by atoms with Gasteiger partial charge in [-0.25, -0.2) is 0 Å². The highest BCUT2D eigenvalue weighted by molar-refractivity contribution is 8.02. The molecule has 1 aromatic heterocycles. The Hall–Kier alpha value is -2.78. The molecular formula is C20H22N4O3S2. The summed E-state index contributed by atoms with van der Waals surface area (Å²) in [6, 6.07) is 14.9. The van der Waals surface area contributed by atoms with Crippen molar-refractivity contribution in [3.8, 4) is 11.5 Å². The van der Waals surface area contributed by atoms with Gasteiger partial charge < -0.3 is 20.1 Å². The van der Waals surface area contributed by atoms with Crippen molar-refractivity contribution in [3.63, 3.8) is 0 Å². The molecule has 0 bridgehead atoms. The minimum atomic E-state index is -0.341. The Morgan fingerprint density at radius 3 is 2.66 bits per heavy atom. The van der Waals surface area contributed by atoms with Gasteiger partial charge in [-0.15, -0.1) is 10.2 Å². The second-order valence-electron chi connectivity index (χ2n) is 5.91. The smallest absolute Gasteiger partial charge is 0.237 e. The SMILES string of the molecule is CCOc1ccccc1NC(=O)C(C)Sc1nnc(Nc2ccc(OC)cc2)s1. The topological polar surface area (TPSA) is 85.4 Å². The van der Waals surface area contributed by atoms with E-state index in [2.05, 4.69) is 20.8 Å².